The van der Waals surface area contributed by atoms with Crippen molar-refractivity contribution in [2.75, 3.05) is 19.7 Å². The zero-order valence-electron chi connectivity index (χ0n) is 11.2. The van der Waals surface area contributed by atoms with Crippen molar-refractivity contribution < 1.29 is 14.4 Å². The number of ether oxygens (including phenoxy) is 1. The van der Waals surface area contributed by atoms with Crippen molar-refractivity contribution in [1.29, 1.82) is 0 Å². The minimum absolute atomic E-state index is 0.00777. The SMILES string of the molecule is CC(C)C(=O)OC[C@@H]1CCC[NH+]2CCCC[C@@H]12. The lowest BCUT2D eigenvalue weighted by Gasteiger charge is -2.41. The Labute approximate surface area is 105 Å². The van der Waals surface area contributed by atoms with Gasteiger partial charge in [-0.05, 0) is 32.1 Å². The second kappa shape index (κ2) is 5.85. The molecule has 3 atom stereocenters. The molecular weight excluding hydrogens is 214 g/mol. The summed E-state index contributed by atoms with van der Waals surface area (Å²) in [5.74, 6) is 0.586. The lowest BCUT2D eigenvalue weighted by molar-refractivity contribution is -0.940. The highest BCUT2D eigenvalue weighted by atomic mass is 16.5. The highest BCUT2D eigenvalue weighted by Crippen LogP contribution is 2.20. The van der Waals surface area contributed by atoms with E-state index in [9.17, 15) is 4.79 Å². The summed E-state index contributed by atoms with van der Waals surface area (Å²) in [5, 5.41) is 0. The van der Waals surface area contributed by atoms with Crippen LogP contribution in [0.4, 0.5) is 0 Å². The van der Waals surface area contributed by atoms with Crippen molar-refractivity contribution in [3.05, 3.63) is 0 Å². The van der Waals surface area contributed by atoms with Crippen molar-refractivity contribution >= 4 is 5.97 Å². The van der Waals surface area contributed by atoms with Crippen LogP contribution in [-0.2, 0) is 9.53 Å². The van der Waals surface area contributed by atoms with E-state index in [1.54, 1.807) is 4.90 Å². The van der Waals surface area contributed by atoms with E-state index >= 15 is 0 Å². The van der Waals surface area contributed by atoms with E-state index in [1.165, 1.54) is 45.2 Å². The van der Waals surface area contributed by atoms with Crippen LogP contribution in [0.3, 0.4) is 0 Å². The van der Waals surface area contributed by atoms with Gasteiger partial charge in [0.25, 0.3) is 0 Å². The number of carbonyl (C=O) groups excluding carboxylic acids is 1. The first-order valence-electron chi connectivity index (χ1n) is 7.19. The van der Waals surface area contributed by atoms with E-state index in [4.69, 9.17) is 4.74 Å². The maximum atomic E-state index is 11.5. The molecule has 0 bridgehead atoms. The van der Waals surface area contributed by atoms with Gasteiger partial charge < -0.3 is 9.64 Å². The molecule has 3 heteroatoms. The largest absolute Gasteiger partial charge is 0.465 e. The Morgan fingerprint density at radius 1 is 1.24 bits per heavy atom. The lowest BCUT2D eigenvalue weighted by atomic mass is 9.84. The van der Waals surface area contributed by atoms with Crippen LogP contribution >= 0.6 is 0 Å². The van der Waals surface area contributed by atoms with Gasteiger partial charge in [-0.25, -0.2) is 0 Å². The predicted molar refractivity (Wildman–Crippen MR) is 66.9 cm³/mol. The van der Waals surface area contributed by atoms with Crippen molar-refractivity contribution in [1.82, 2.24) is 0 Å². The molecule has 0 aromatic heterocycles. The van der Waals surface area contributed by atoms with Crippen molar-refractivity contribution in [2.24, 2.45) is 11.8 Å². The van der Waals surface area contributed by atoms with Gasteiger partial charge in [0.1, 0.15) is 0 Å². The van der Waals surface area contributed by atoms with Crippen LogP contribution < -0.4 is 4.90 Å². The van der Waals surface area contributed by atoms with Crippen LogP contribution in [0, 0.1) is 11.8 Å². The third-order valence-corrected chi connectivity index (χ3v) is 4.34. The van der Waals surface area contributed by atoms with Crippen LogP contribution in [0.15, 0.2) is 0 Å². The number of esters is 1. The van der Waals surface area contributed by atoms with E-state index in [1.807, 2.05) is 13.8 Å². The molecule has 0 amide bonds. The van der Waals surface area contributed by atoms with Crippen molar-refractivity contribution in [3.8, 4) is 0 Å². The third-order valence-electron chi connectivity index (χ3n) is 4.34. The first kappa shape index (κ1) is 12.9. The monoisotopic (exact) mass is 240 g/mol. The first-order valence-corrected chi connectivity index (χ1v) is 7.19. The van der Waals surface area contributed by atoms with Crippen molar-refractivity contribution in [3.63, 3.8) is 0 Å². The topological polar surface area (TPSA) is 30.7 Å². The number of quaternary nitrogens is 1. The molecule has 2 saturated heterocycles. The molecule has 2 fully saturated rings. The Morgan fingerprint density at radius 2 is 2.00 bits per heavy atom. The molecular formula is C14H26NO2+. The van der Waals surface area contributed by atoms with Crippen LogP contribution in [-0.4, -0.2) is 31.7 Å². The van der Waals surface area contributed by atoms with Gasteiger partial charge in [-0.15, -0.1) is 0 Å². The molecule has 0 saturated carbocycles. The van der Waals surface area contributed by atoms with E-state index < -0.39 is 0 Å². The molecule has 3 nitrogen and oxygen atoms in total. The van der Waals surface area contributed by atoms with Gasteiger partial charge in [0.05, 0.1) is 31.7 Å². The molecule has 0 aromatic carbocycles. The summed E-state index contributed by atoms with van der Waals surface area (Å²) in [6.07, 6.45) is 6.63. The summed E-state index contributed by atoms with van der Waals surface area (Å²) in [6, 6.07) is 0.762. The quantitative estimate of drug-likeness (QED) is 0.747. The first-order chi connectivity index (χ1) is 8.18. The zero-order valence-corrected chi connectivity index (χ0v) is 11.2. The highest BCUT2D eigenvalue weighted by Gasteiger charge is 2.37. The van der Waals surface area contributed by atoms with Gasteiger partial charge in [-0.3, -0.25) is 4.79 Å². The number of nitrogens with one attached hydrogen (secondary N) is 1. The summed E-state index contributed by atoms with van der Waals surface area (Å²) >= 11 is 0. The molecule has 0 radical (unpaired) electrons. The molecule has 2 aliphatic heterocycles. The third kappa shape index (κ3) is 3.21. The number of piperidine rings is 2. The maximum absolute atomic E-state index is 11.5. The summed E-state index contributed by atoms with van der Waals surface area (Å²) < 4.78 is 5.44. The molecule has 0 aliphatic carbocycles. The Hall–Kier alpha value is -0.570. The smallest absolute Gasteiger partial charge is 0.308 e. The number of hydrogen-bond acceptors (Lipinski definition) is 2. The van der Waals surface area contributed by atoms with Crippen LogP contribution in [0.25, 0.3) is 0 Å². The summed E-state index contributed by atoms with van der Waals surface area (Å²) in [6.45, 7) is 7.13. The number of fused-ring (bicyclic) bond motifs is 1. The van der Waals surface area contributed by atoms with Gasteiger partial charge in [0.2, 0.25) is 0 Å². The average molecular weight is 240 g/mol. The van der Waals surface area contributed by atoms with Crippen LogP contribution in [0.5, 0.6) is 0 Å². The fourth-order valence-electron chi connectivity index (χ4n) is 3.33. The second-order valence-corrected chi connectivity index (χ2v) is 5.95. The Morgan fingerprint density at radius 3 is 2.76 bits per heavy atom. The number of hydrogen-bond donors (Lipinski definition) is 1. The van der Waals surface area contributed by atoms with Crippen molar-refractivity contribution in [2.45, 2.75) is 52.0 Å². The molecule has 2 heterocycles. The maximum Gasteiger partial charge on any atom is 0.308 e. The number of rotatable bonds is 3. The van der Waals surface area contributed by atoms with Crippen LogP contribution in [0.1, 0.15) is 46.0 Å². The van der Waals surface area contributed by atoms with Gasteiger partial charge in [0, 0.05) is 5.92 Å². The fourth-order valence-corrected chi connectivity index (χ4v) is 3.33. The Kier molecular flexibility index (Phi) is 4.43. The minimum Gasteiger partial charge on any atom is -0.465 e. The fraction of sp³-hybridized carbons (Fsp3) is 0.929. The summed E-state index contributed by atoms with van der Waals surface area (Å²) in [5.41, 5.74) is 0. The van der Waals surface area contributed by atoms with Gasteiger partial charge in [-0.2, -0.15) is 0 Å². The summed E-state index contributed by atoms with van der Waals surface area (Å²) in [7, 11) is 0. The minimum atomic E-state index is -0.0343. The summed E-state index contributed by atoms with van der Waals surface area (Å²) in [4.78, 5) is 13.3. The lowest BCUT2D eigenvalue weighted by Crippen LogP contribution is -3.18. The zero-order chi connectivity index (χ0) is 12.3. The molecule has 1 unspecified atom stereocenters. The van der Waals surface area contributed by atoms with Gasteiger partial charge in [0.15, 0.2) is 0 Å². The van der Waals surface area contributed by atoms with Gasteiger partial charge in [-0.1, -0.05) is 13.8 Å². The Bertz CT molecular complexity index is 263. The van der Waals surface area contributed by atoms with E-state index in [0.717, 1.165) is 6.04 Å². The van der Waals surface area contributed by atoms with E-state index in [0.29, 0.717) is 12.5 Å². The van der Waals surface area contributed by atoms with E-state index in [2.05, 4.69) is 0 Å². The van der Waals surface area contributed by atoms with E-state index in [-0.39, 0.29) is 11.9 Å². The average Bonchev–Trinajstić information content (AvgIpc) is 2.35. The predicted octanol–water partition coefficient (Wildman–Crippen LogP) is 1.03. The number of carbonyl (C=O) groups is 1. The second-order valence-electron chi connectivity index (χ2n) is 5.95. The molecule has 0 aromatic rings. The van der Waals surface area contributed by atoms with Crippen LogP contribution in [0.2, 0.25) is 0 Å². The molecule has 0 spiro atoms. The molecule has 2 rings (SSSR count). The normalized spacial score (nSPS) is 33.2. The standard InChI is InChI=1S/C14H25NO2/c1-11(2)14(16)17-10-12-6-5-9-15-8-4-3-7-13(12)15/h11-13H,3-10H2,1-2H3/p+1/t12-,13-/m0/s1. The van der Waals surface area contributed by atoms with Gasteiger partial charge >= 0.3 is 5.97 Å². The molecule has 2 aliphatic rings. The molecule has 98 valence electrons. The molecule has 1 N–H and O–H groups in total. The highest BCUT2D eigenvalue weighted by molar-refractivity contribution is 5.71. The molecule has 17 heavy (non-hydrogen) atoms. The Balaban J connectivity index is 1.84.